The minimum Gasteiger partial charge on any atom is -0.308 e. The SMILES string of the molecule is CC(=O)N1Cc2cc(C3CC3)ccc2/C=C\c2cc(Cl)ccc21. The molecular weight excluding hydrogens is 306 g/mol. The van der Waals surface area contributed by atoms with E-state index in [0.717, 1.165) is 11.3 Å². The third-order valence-corrected chi connectivity index (χ3v) is 4.88. The van der Waals surface area contributed by atoms with Crippen LogP contribution in [0, 0.1) is 0 Å². The third kappa shape index (κ3) is 2.79. The molecule has 0 N–H and O–H groups in total. The largest absolute Gasteiger partial charge is 0.308 e. The highest BCUT2D eigenvalue weighted by Gasteiger charge is 2.25. The number of hydrogen-bond donors (Lipinski definition) is 0. The van der Waals surface area contributed by atoms with Gasteiger partial charge in [-0.1, -0.05) is 42.0 Å². The van der Waals surface area contributed by atoms with Gasteiger partial charge in [-0.15, -0.1) is 0 Å². The molecule has 23 heavy (non-hydrogen) atoms. The van der Waals surface area contributed by atoms with Crippen LogP contribution in [0.3, 0.4) is 0 Å². The highest BCUT2D eigenvalue weighted by molar-refractivity contribution is 6.30. The van der Waals surface area contributed by atoms with Gasteiger partial charge < -0.3 is 4.90 Å². The summed E-state index contributed by atoms with van der Waals surface area (Å²) in [5.41, 5.74) is 5.68. The summed E-state index contributed by atoms with van der Waals surface area (Å²) in [7, 11) is 0. The molecule has 2 nitrogen and oxygen atoms in total. The quantitative estimate of drug-likeness (QED) is 0.701. The number of carbonyl (C=O) groups excluding carboxylic acids is 1. The molecule has 0 unspecified atom stereocenters. The van der Waals surface area contributed by atoms with Crippen LogP contribution in [0.5, 0.6) is 0 Å². The summed E-state index contributed by atoms with van der Waals surface area (Å²) in [6.07, 6.45) is 6.74. The van der Waals surface area contributed by atoms with Crippen molar-refractivity contribution in [3.63, 3.8) is 0 Å². The van der Waals surface area contributed by atoms with Crippen molar-refractivity contribution in [1.82, 2.24) is 0 Å². The summed E-state index contributed by atoms with van der Waals surface area (Å²) in [4.78, 5) is 14.1. The molecule has 2 aromatic carbocycles. The van der Waals surface area contributed by atoms with E-state index in [4.69, 9.17) is 11.6 Å². The molecule has 1 amide bonds. The summed E-state index contributed by atoms with van der Waals surface area (Å²) in [6.45, 7) is 2.22. The van der Waals surface area contributed by atoms with Crippen molar-refractivity contribution in [2.45, 2.75) is 32.2 Å². The molecule has 1 heterocycles. The first-order valence-corrected chi connectivity index (χ1v) is 8.38. The Hall–Kier alpha value is -2.06. The van der Waals surface area contributed by atoms with Crippen molar-refractivity contribution in [1.29, 1.82) is 0 Å². The van der Waals surface area contributed by atoms with Gasteiger partial charge in [0.1, 0.15) is 0 Å². The predicted molar refractivity (Wildman–Crippen MR) is 95.7 cm³/mol. The van der Waals surface area contributed by atoms with Gasteiger partial charge in [-0.3, -0.25) is 4.79 Å². The van der Waals surface area contributed by atoms with Crippen molar-refractivity contribution in [3.8, 4) is 0 Å². The molecule has 4 rings (SSSR count). The topological polar surface area (TPSA) is 20.3 Å². The standard InChI is InChI=1S/C20H18ClNO/c1-13(23)22-12-18-10-16(14-2-3-14)6-4-15(18)5-7-17-11-19(21)8-9-20(17)22/h4-11,14H,2-3,12H2,1H3/b7-5-. The summed E-state index contributed by atoms with van der Waals surface area (Å²) in [5, 5.41) is 0.682. The fourth-order valence-electron chi connectivity index (χ4n) is 3.22. The van der Waals surface area contributed by atoms with Gasteiger partial charge in [0.2, 0.25) is 5.91 Å². The number of fused-ring (bicyclic) bond motifs is 2. The monoisotopic (exact) mass is 323 g/mol. The van der Waals surface area contributed by atoms with E-state index in [0.29, 0.717) is 17.5 Å². The second-order valence-electron chi connectivity index (χ2n) is 6.37. The number of carbonyl (C=O) groups is 1. The molecule has 2 aliphatic rings. The van der Waals surface area contributed by atoms with Crippen molar-refractivity contribution in [3.05, 3.63) is 63.7 Å². The Labute approximate surface area is 141 Å². The van der Waals surface area contributed by atoms with E-state index in [2.05, 4.69) is 24.3 Å². The van der Waals surface area contributed by atoms with E-state index < -0.39 is 0 Å². The number of halogens is 1. The summed E-state index contributed by atoms with van der Waals surface area (Å²) < 4.78 is 0. The average Bonchev–Trinajstić information content (AvgIpc) is 3.34. The molecule has 1 aliphatic heterocycles. The summed E-state index contributed by atoms with van der Waals surface area (Å²) in [5.74, 6) is 0.762. The molecule has 3 heteroatoms. The van der Waals surface area contributed by atoms with Gasteiger partial charge in [0.05, 0.1) is 12.2 Å². The van der Waals surface area contributed by atoms with Gasteiger partial charge in [-0.05, 0) is 59.2 Å². The third-order valence-electron chi connectivity index (χ3n) is 4.65. The van der Waals surface area contributed by atoms with Crippen molar-refractivity contribution in [2.24, 2.45) is 0 Å². The lowest BCUT2D eigenvalue weighted by Gasteiger charge is -2.26. The van der Waals surface area contributed by atoms with Gasteiger partial charge >= 0.3 is 0 Å². The van der Waals surface area contributed by atoms with Crippen LogP contribution < -0.4 is 4.90 Å². The smallest absolute Gasteiger partial charge is 0.224 e. The highest BCUT2D eigenvalue weighted by Crippen LogP contribution is 2.41. The summed E-state index contributed by atoms with van der Waals surface area (Å²) >= 11 is 6.12. The molecule has 0 atom stereocenters. The van der Waals surface area contributed by atoms with Crippen LogP contribution in [0.15, 0.2) is 36.4 Å². The molecule has 0 aromatic heterocycles. The van der Waals surface area contributed by atoms with Gasteiger partial charge in [-0.25, -0.2) is 0 Å². The highest BCUT2D eigenvalue weighted by atomic mass is 35.5. The Morgan fingerprint density at radius 1 is 1.09 bits per heavy atom. The lowest BCUT2D eigenvalue weighted by atomic mass is 9.97. The van der Waals surface area contributed by atoms with Crippen molar-refractivity contribution in [2.75, 3.05) is 4.90 Å². The zero-order chi connectivity index (χ0) is 16.0. The minimum atomic E-state index is 0.0478. The van der Waals surface area contributed by atoms with Crippen LogP contribution >= 0.6 is 11.6 Å². The van der Waals surface area contributed by atoms with Crippen LogP contribution in [0.2, 0.25) is 5.02 Å². The Morgan fingerprint density at radius 2 is 1.87 bits per heavy atom. The van der Waals surface area contributed by atoms with Crippen LogP contribution in [0.1, 0.15) is 47.9 Å². The Balaban J connectivity index is 1.85. The average molecular weight is 324 g/mol. The molecule has 1 fully saturated rings. The maximum Gasteiger partial charge on any atom is 0.224 e. The van der Waals surface area contributed by atoms with Crippen LogP contribution in [-0.4, -0.2) is 5.91 Å². The second-order valence-corrected chi connectivity index (χ2v) is 6.81. The van der Waals surface area contributed by atoms with E-state index in [-0.39, 0.29) is 5.91 Å². The normalized spacial score (nSPS) is 17.7. The molecular formula is C20H18ClNO. The molecule has 116 valence electrons. The molecule has 2 aromatic rings. The van der Waals surface area contributed by atoms with E-state index in [9.17, 15) is 4.79 Å². The maximum absolute atomic E-state index is 12.2. The van der Waals surface area contributed by atoms with Crippen molar-refractivity contribution < 1.29 is 4.79 Å². The Bertz CT molecular complexity index is 820. The molecule has 0 radical (unpaired) electrons. The van der Waals surface area contributed by atoms with Crippen molar-refractivity contribution >= 4 is 35.3 Å². The first-order chi connectivity index (χ1) is 11.1. The van der Waals surface area contributed by atoms with Gasteiger partial charge in [-0.2, -0.15) is 0 Å². The lowest BCUT2D eigenvalue weighted by molar-refractivity contribution is -0.116. The number of hydrogen-bond acceptors (Lipinski definition) is 1. The number of benzene rings is 2. The zero-order valence-corrected chi connectivity index (χ0v) is 13.8. The first kappa shape index (κ1) is 14.5. The number of nitrogens with zero attached hydrogens (tertiary/aromatic N) is 1. The van der Waals surface area contributed by atoms with Crippen LogP contribution in [0.4, 0.5) is 5.69 Å². The molecule has 0 saturated heterocycles. The first-order valence-electron chi connectivity index (χ1n) is 8.00. The van der Waals surface area contributed by atoms with Crippen LogP contribution in [-0.2, 0) is 11.3 Å². The van der Waals surface area contributed by atoms with E-state index in [1.54, 1.807) is 6.92 Å². The van der Waals surface area contributed by atoms with E-state index in [1.165, 1.54) is 29.5 Å². The molecule has 1 aliphatic carbocycles. The number of amides is 1. The number of rotatable bonds is 1. The summed E-state index contributed by atoms with van der Waals surface area (Å²) in [6, 6.07) is 12.3. The number of anilines is 1. The fraction of sp³-hybridized carbons (Fsp3) is 0.250. The Morgan fingerprint density at radius 3 is 2.61 bits per heavy atom. The van der Waals surface area contributed by atoms with E-state index in [1.807, 2.05) is 29.2 Å². The molecule has 1 saturated carbocycles. The lowest BCUT2D eigenvalue weighted by Crippen LogP contribution is -2.29. The van der Waals surface area contributed by atoms with E-state index >= 15 is 0 Å². The molecule has 0 bridgehead atoms. The van der Waals surface area contributed by atoms with Crippen LogP contribution in [0.25, 0.3) is 12.2 Å². The second kappa shape index (κ2) is 5.54. The Kier molecular flexibility index (Phi) is 3.50. The van der Waals surface area contributed by atoms with Gasteiger partial charge in [0, 0.05) is 11.9 Å². The zero-order valence-electron chi connectivity index (χ0n) is 13.1. The maximum atomic E-state index is 12.2. The predicted octanol–water partition coefficient (Wildman–Crippen LogP) is 5.25. The van der Waals surface area contributed by atoms with Gasteiger partial charge in [0.25, 0.3) is 0 Å². The molecule has 0 spiro atoms. The van der Waals surface area contributed by atoms with Gasteiger partial charge in [0.15, 0.2) is 0 Å². The minimum absolute atomic E-state index is 0.0478. The fourth-order valence-corrected chi connectivity index (χ4v) is 3.40.